The maximum absolute atomic E-state index is 13.9. The Morgan fingerprint density at radius 1 is 1.03 bits per heavy atom. The van der Waals surface area contributed by atoms with Crippen molar-refractivity contribution in [1.29, 1.82) is 0 Å². The lowest BCUT2D eigenvalue weighted by Gasteiger charge is -2.31. The number of aryl methyl sites for hydroxylation is 1. The Morgan fingerprint density at radius 2 is 1.89 bits per heavy atom. The smallest absolute Gasteiger partial charge is 0.318 e. The predicted molar refractivity (Wildman–Crippen MR) is 139 cm³/mol. The van der Waals surface area contributed by atoms with E-state index in [0.717, 1.165) is 35.4 Å². The fourth-order valence-corrected chi connectivity index (χ4v) is 6.84. The maximum atomic E-state index is 13.9. The highest BCUT2D eigenvalue weighted by molar-refractivity contribution is 7.15. The van der Waals surface area contributed by atoms with Crippen LogP contribution in [0.25, 0.3) is 5.00 Å². The number of rotatable bonds is 4. The lowest BCUT2D eigenvalue weighted by molar-refractivity contribution is 0.180. The van der Waals surface area contributed by atoms with Gasteiger partial charge in [0.1, 0.15) is 10.8 Å². The molecule has 2 aliphatic rings. The molecule has 0 saturated heterocycles. The Kier molecular flexibility index (Phi) is 5.82. The summed E-state index contributed by atoms with van der Waals surface area (Å²) in [5.74, 6) is 0.793. The molecule has 35 heavy (non-hydrogen) atoms. The van der Waals surface area contributed by atoms with Gasteiger partial charge >= 0.3 is 6.03 Å². The minimum absolute atomic E-state index is 0.0574. The molecule has 2 aromatic heterocycles. The molecule has 2 amide bonds. The molecule has 5 nitrogen and oxygen atoms in total. The maximum Gasteiger partial charge on any atom is 0.318 e. The molecule has 1 atom stereocenters. The summed E-state index contributed by atoms with van der Waals surface area (Å²) < 4.78 is 7.68. The first-order chi connectivity index (χ1) is 17.2. The van der Waals surface area contributed by atoms with Gasteiger partial charge in [-0.3, -0.25) is 0 Å². The second kappa shape index (κ2) is 9.27. The number of aromatic nitrogens is 1. The zero-order chi connectivity index (χ0) is 23.8. The minimum Gasteiger partial charge on any atom is -0.497 e. The van der Waals surface area contributed by atoms with Crippen molar-refractivity contribution in [2.24, 2.45) is 0 Å². The van der Waals surface area contributed by atoms with E-state index in [-0.39, 0.29) is 12.1 Å². The van der Waals surface area contributed by atoms with Gasteiger partial charge in [0.2, 0.25) is 0 Å². The fraction of sp³-hybridized carbons (Fsp3) is 0.276. The molecule has 2 aromatic carbocycles. The topological polar surface area (TPSA) is 46.5 Å². The third kappa shape index (κ3) is 4.02. The average molecular weight is 484 g/mol. The molecular weight excluding hydrogens is 454 g/mol. The molecule has 0 radical (unpaired) electrons. The van der Waals surface area contributed by atoms with E-state index in [9.17, 15) is 4.79 Å². The number of hydrogen-bond acceptors (Lipinski definition) is 3. The van der Waals surface area contributed by atoms with Gasteiger partial charge in [0, 0.05) is 23.2 Å². The van der Waals surface area contributed by atoms with Crippen molar-refractivity contribution < 1.29 is 9.53 Å². The summed E-state index contributed by atoms with van der Waals surface area (Å²) in [5, 5.41) is 4.48. The van der Waals surface area contributed by atoms with Crippen LogP contribution >= 0.6 is 11.3 Å². The van der Waals surface area contributed by atoms with E-state index in [4.69, 9.17) is 4.74 Å². The van der Waals surface area contributed by atoms with E-state index in [2.05, 4.69) is 52.5 Å². The van der Waals surface area contributed by atoms with Crippen LogP contribution in [0.5, 0.6) is 5.75 Å². The number of benzene rings is 2. The number of hydrogen-bond donors (Lipinski definition) is 1. The van der Waals surface area contributed by atoms with E-state index in [1.807, 2.05) is 46.6 Å². The SMILES string of the molecule is COc1cccc(CNC(=O)N2Cc3c(sc4c3CCCC4)-n3cccc3C2c2ccccc2)c1. The predicted octanol–water partition coefficient (Wildman–Crippen LogP) is 6.24. The second-order valence-electron chi connectivity index (χ2n) is 9.25. The largest absolute Gasteiger partial charge is 0.497 e. The highest BCUT2D eigenvalue weighted by Gasteiger charge is 2.35. The van der Waals surface area contributed by atoms with Crippen LogP contribution in [0, 0.1) is 0 Å². The monoisotopic (exact) mass is 483 g/mol. The number of urea groups is 1. The highest BCUT2D eigenvalue weighted by atomic mass is 32.1. The number of thiophene rings is 1. The van der Waals surface area contributed by atoms with E-state index in [1.165, 1.54) is 33.8 Å². The average Bonchev–Trinajstić information content (AvgIpc) is 3.50. The molecule has 178 valence electrons. The lowest BCUT2D eigenvalue weighted by Crippen LogP contribution is -2.41. The molecule has 0 bridgehead atoms. The second-order valence-corrected chi connectivity index (χ2v) is 10.3. The molecule has 6 heteroatoms. The molecule has 3 heterocycles. The van der Waals surface area contributed by atoms with Crippen molar-refractivity contribution in [3.63, 3.8) is 0 Å². The normalized spacial score (nSPS) is 16.6. The summed E-state index contributed by atoms with van der Waals surface area (Å²) >= 11 is 1.91. The summed E-state index contributed by atoms with van der Waals surface area (Å²) in [4.78, 5) is 17.4. The first-order valence-electron chi connectivity index (χ1n) is 12.3. The van der Waals surface area contributed by atoms with E-state index < -0.39 is 0 Å². The van der Waals surface area contributed by atoms with Crippen molar-refractivity contribution in [1.82, 2.24) is 14.8 Å². The minimum atomic E-state index is -0.171. The molecule has 6 rings (SSSR count). The molecule has 1 aliphatic carbocycles. The molecular formula is C29H29N3O2S. The van der Waals surface area contributed by atoms with Crippen LogP contribution in [0.15, 0.2) is 72.9 Å². The molecule has 1 unspecified atom stereocenters. The Hall–Kier alpha value is -3.51. The summed E-state index contributed by atoms with van der Waals surface area (Å²) in [6.45, 7) is 1.05. The van der Waals surface area contributed by atoms with Gasteiger partial charge in [-0.05, 0) is 66.6 Å². The number of ether oxygens (including phenoxy) is 1. The summed E-state index contributed by atoms with van der Waals surface area (Å²) in [6, 6.07) is 22.3. The van der Waals surface area contributed by atoms with Crippen LogP contribution in [-0.4, -0.2) is 22.6 Å². The number of carbonyl (C=O) groups is 1. The third-order valence-corrected chi connectivity index (χ3v) is 8.47. The number of fused-ring (bicyclic) bond motifs is 5. The van der Waals surface area contributed by atoms with Gasteiger partial charge in [0.25, 0.3) is 0 Å². The Labute approximate surface area is 210 Å². The number of nitrogens with one attached hydrogen (secondary N) is 1. The van der Waals surface area contributed by atoms with Crippen LogP contribution in [0.4, 0.5) is 4.79 Å². The van der Waals surface area contributed by atoms with Gasteiger partial charge in [-0.15, -0.1) is 11.3 Å². The van der Waals surface area contributed by atoms with Gasteiger partial charge in [0.15, 0.2) is 0 Å². The molecule has 4 aromatic rings. The Balaban J connectivity index is 1.41. The number of nitrogens with zero attached hydrogens (tertiary/aromatic N) is 2. The van der Waals surface area contributed by atoms with Crippen LogP contribution in [0.2, 0.25) is 0 Å². The van der Waals surface area contributed by atoms with Crippen LogP contribution in [0.3, 0.4) is 0 Å². The van der Waals surface area contributed by atoms with Gasteiger partial charge < -0.3 is 19.5 Å². The van der Waals surface area contributed by atoms with Crippen LogP contribution < -0.4 is 10.1 Å². The molecule has 1 aliphatic heterocycles. The van der Waals surface area contributed by atoms with Gasteiger partial charge in [0.05, 0.1) is 25.4 Å². The number of carbonyl (C=O) groups excluding carboxylic acids is 1. The van der Waals surface area contributed by atoms with Crippen molar-refractivity contribution >= 4 is 17.4 Å². The Morgan fingerprint density at radius 3 is 2.74 bits per heavy atom. The number of amides is 2. The van der Waals surface area contributed by atoms with Crippen LogP contribution in [0.1, 0.15) is 51.7 Å². The summed E-state index contributed by atoms with van der Waals surface area (Å²) in [7, 11) is 1.66. The summed E-state index contributed by atoms with van der Waals surface area (Å²) in [6.07, 6.45) is 6.88. The fourth-order valence-electron chi connectivity index (χ4n) is 5.43. The van der Waals surface area contributed by atoms with Gasteiger partial charge in [-0.1, -0.05) is 42.5 Å². The van der Waals surface area contributed by atoms with Crippen molar-refractivity contribution in [2.75, 3.05) is 7.11 Å². The zero-order valence-corrected chi connectivity index (χ0v) is 20.7. The lowest BCUT2D eigenvalue weighted by atomic mass is 9.95. The highest BCUT2D eigenvalue weighted by Crippen LogP contribution is 2.43. The molecule has 1 N–H and O–H groups in total. The third-order valence-electron chi connectivity index (χ3n) is 7.13. The van der Waals surface area contributed by atoms with Gasteiger partial charge in [-0.25, -0.2) is 4.79 Å². The van der Waals surface area contributed by atoms with Crippen molar-refractivity contribution in [3.05, 3.63) is 106 Å². The zero-order valence-electron chi connectivity index (χ0n) is 19.9. The van der Waals surface area contributed by atoms with Crippen molar-refractivity contribution in [2.45, 2.75) is 44.8 Å². The van der Waals surface area contributed by atoms with E-state index >= 15 is 0 Å². The first-order valence-corrected chi connectivity index (χ1v) is 13.1. The number of methoxy groups -OCH3 is 1. The molecule has 0 fully saturated rings. The van der Waals surface area contributed by atoms with E-state index in [0.29, 0.717) is 13.1 Å². The summed E-state index contributed by atoms with van der Waals surface area (Å²) in [5.41, 5.74) is 6.05. The molecule has 0 spiro atoms. The molecule has 0 saturated carbocycles. The first kappa shape index (κ1) is 22.0. The standard InChI is InChI=1S/C29H29N3O2S/c1-34-22-12-7-9-20(17-22)18-30-29(33)32-19-24-23-13-5-6-15-26(23)35-28(24)31-16-8-14-25(31)27(32)21-10-3-2-4-11-21/h2-4,7-12,14,16-17,27H,5-6,13,15,18-19H2,1H3,(H,30,33). The van der Waals surface area contributed by atoms with Crippen molar-refractivity contribution in [3.8, 4) is 10.8 Å². The van der Waals surface area contributed by atoms with E-state index in [1.54, 1.807) is 7.11 Å². The van der Waals surface area contributed by atoms with Crippen LogP contribution in [-0.2, 0) is 25.9 Å². The van der Waals surface area contributed by atoms with Gasteiger partial charge in [-0.2, -0.15) is 0 Å². The Bertz CT molecular complexity index is 1360. The quantitative estimate of drug-likeness (QED) is 0.373.